The molecule has 0 aliphatic heterocycles. The van der Waals surface area contributed by atoms with Crippen LogP contribution < -0.4 is 10.5 Å². The molecule has 0 fully saturated rings. The number of nitrogen functional groups attached to an aromatic ring is 1. The Balaban J connectivity index is 2.25. The summed E-state index contributed by atoms with van der Waals surface area (Å²) in [4.78, 5) is 10.8. The summed E-state index contributed by atoms with van der Waals surface area (Å²) in [6.07, 6.45) is 0. The third-order valence-electron chi connectivity index (χ3n) is 3.24. The number of nitro benzene ring substituents is 1. The summed E-state index contributed by atoms with van der Waals surface area (Å²) < 4.78 is 5.03. The van der Waals surface area contributed by atoms with Crippen LogP contribution in [-0.4, -0.2) is 22.2 Å². The maximum atomic E-state index is 11.3. The number of aromatic amines is 1. The Morgan fingerprint density at radius 1 is 1.29 bits per heavy atom. The highest BCUT2D eigenvalue weighted by atomic mass is 16.6. The molecule has 0 saturated carbocycles. The van der Waals surface area contributed by atoms with Crippen LogP contribution in [0.4, 0.5) is 11.4 Å². The topological polar surface area (TPSA) is 107 Å². The number of nitrogens with two attached hydrogens (primary N) is 1. The Morgan fingerprint density at radius 2 is 2.10 bits per heavy atom. The molecule has 0 spiro atoms. The first kappa shape index (κ1) is 12.9. The van der Waals surface area contributed by atoms with Gasteiger partial charge in [0.2, 0.25) is 0 Å². The van der Waals surface area contributed by atoms with Crippen LogP contribution in [0.15, 0.2) is 36.4 Å². The van der Waals surface area contributed by atoms with Gasteiger partial charge in [-0.1, -0.05) is 0 Å². The minimum atomic E-state index is -0.449. The summed E-state index contributed by atoms with van der Waals surface area (Å²) in [5.74, 6) is 0.425. The lowest BCUT2D eigenvalue weighted by molar-refractivity contribution is -0.384. The van der Waals surface area contributed by atoms with E-state index in [4.69, 9.17) is 10.5 Å². The van der Waals surface area contributed by atoms with Crippen molar-refractivity contribution < 1.29 is 9.66 Å². The van der Waals surface area contributed by atoms with E-state index >= 15 is 0 Å². The second-order valence-electron chi connectivity index (χ2n) is 4.52. The molecule has 0 unspecified atom stereocenters. The van der Waals surface area contributed by atoms with E-state index in [0.717, 1.165) is 10.9 Å². The molecular weight excluding hydrogens is 272 g/mol. The van der Waals surface area contributed by atoms with Gasteiger partial charge >= 0.3 is 0 Å². The normalized spacial score (nSPS) is 10.7. The summed E-state index contributed by atoms with van der Waals surface area (Å²) in [7, 11) is 1.46. The zero-order chi connectivity index (χ0) is 15.0. The van der Waals surface area contributed by atoms with E-state index < -0.39 is 4.92 Å². The van der Waals surface area contributed by atoms with E-state index in [9.17, 15) is 10.1 Å². The zero-order valence-corrected chi connectivity index (χ0v) is 11.2. The number of H-pyrrole nitrogens is 1. The molecule has 7 nitrogen and oxygen atoms in total. The fourth-order valence-corrected chi connectivity index (χ4v) is 2.23. The molecule has 0 bridgehead atoms. The smallest absolute Gasteiger partial charge is 0.282 e. The van der Waals surface area contributed by atoms with E-state index in [0.29, 0.717) is 22.7 Å². The number of hydrogen-bond donors (Lipinski definition) is 2. The van der Waals surface area contributed by atoms with Gasteiger partial charge in [-0.25, -0.2) is 0 Å². The molecule has 0 saturated heterocycles. The van der Waals surface area contributed by atoms with Gasteiger partial charge in [-0.05, 0) is 30.3 Å². The fourth-order valence-electron chi connectivity index (χ4n) is 2.23. The second-order valence-corrected chi connectivity index (χ2v) is 4.52. The molecular formula is C14H12N4O3. The van der Waals surface area contributed by atoms with Crippen molar-refractivity contribution >= 4 is 22.3 Å². The van der Waals surface area contributed by atoms with Crippen molar-refractivity contribution in [3.05, 3.63) is 46.5 Å². The van der Waals surface area contributed by atoms with Gasteiger partial charge in [0, 0.05) is 11.1 Å². The zero-order valence-electron chi connectivity index (χ0n) is 11.2. The third-order valence-corrected chi connectivity index (χ3v) is 3.24. The number of anilines is 1. The van der Waals surface area contributed by atoms with Crippen molar-refractivity contribution in [2.75, 3.05) is 12.8 Å². The van der Waals surface area contributed by atoms with Crippen LogP contribution in [0, 0.1) is 10.1 Å². The van der Waals surface area contributed by atoms with Crippen molar-refractivity contribution in [2.45, 2.75) is 0 Å². The van der Waals surface area contributed by atoms with Crippen molar-refractivity contribution in [1.82, 2.24) is 10.2 Å². The number of hydrogen-bond acceptors (Lipinski definition) is 5. The largest absolute Gasteiger partial charge is 0.497 e. The first-order valence-electron chi connectivity index (χ1n) is 6.16. The number of aromatic nitrogens is 2. The number of nitrogens with one attached hydrogen (secondary N) is 1. The van der Waals surface area contributed by atoms with E-state index in [1.54, 1.807) is 30.3 Å². The molecule has 2 aromatic carbocycles. The molecule has 3 N–H and O–H groups in total. The minimum absolute atomic E-state index is 0.0559. The van der Waals surface area contributed by atoms with Crippen molar-refractivity contribution in [1.29, 1.82) is 0 Å². The quantitative estimate of drug-likeness (QED) is 0.437. The summed E-state index contributed by atoms with van der Waals surface area (Å²) >= 11 is 0. The Kier molecular flexibility index (Phi) is 2.94. The van der Waals surface area contributed by atoms with Gasteiger partial charge in [-0.15, -0.1) is 0 Å². The average Bonchev–Trinajstić information content (AvgIpc) is 2.89. The second kappa shape index (κ2) is 4.78. The lowest BCUT2D eigenvalue weighted by Crippen LogP contribution is -1.94. The molecule has 0 atom stereocenters. The van der Waals surface area contributed by atoms with Gasteiger partial charge in [0.05, 0.1) is 29.2 Å². The number of rotatable bonds is 3. The number of benzene rings is 2. The Labute approximate surface area is 119 Å². The molecule has 106 valence electrons. The van der Waals surface area contributed by atoms with E-state index in [1.807, 2.05) is 0 Å². The summed E-state index contributed by atoms with van der Waals surface area (Å²) in [5.41, 5.74) is 7.93. The summed E-state index contributed by atoms with van der Waals surface area (Å²) in [5, 5.41) is 19.1. The fraction of sp³-hybridized carbons (Fsp3) is 0.0714. The van der Waals surface area contributed by atoms with Gasteiger partial charge in [0.1, 0.15) is 11.4 Å². The maximum absolute atomic E-state index is 11.3. The SMILES string of the molecule is COc1ccc(-c2n[nH]c3cc(N)ccc23)c([N+](=O)[O-])c1. The van der Waals surface area contributed by atoms with Crippen LogP contribution in [0.25, 0.3) is 22.2 Å². The monoisotopic (exact) mass is 284 g/mol. The van der Waals surface area contributed by atoms with E-state index in [1.165, 1.54) is 13.2 Å². The van der Waals surface area contributed by atoms with Crippen molar-refractivity contribution in [2.24, 2.45) is 0 Å². The lowest BCUT2D eigenvalue weighted by Gasteiger charge is -2.04. The van der Waals surface area contributed by atoms with Crippen LogP contribution in [0.2, 0.25) is 0 Å². The maximum Gasteiger partial charge on any atom is 0.282 e. The molecule has 0 radical (unpaired) electrons. The van der Waals surface area contributed by atoms with Gasteiger partial charge in [0.25, 0.3) is 5.69 Å². The highest BCUT2D eigenvalue weighted by Crippen LogP contribution is 2.35. The summed E-state index contributed by atoms with van der Waals surface area (Å²) in [6, 6.07) is 9.94. The number of ether oxygens (including phenoxy) is 1. The first-order chi connectivity index (χ1) is 10.1. The molecule has 1 heterocycles. The predicted octanol–water partition coefficient (Wildman–Crippen LogP) is 2.73. The minimum Gasteiger partial charge on any atom is -0.497 e. The predicted molar refractivity (Wildman–Crippen MR) is 79.1 cm³/mol. The Bertz CT molecular complexity index is 841. The highest BCUT2D eigenvalue weighted by Gasteiger charge is 2.20. The molecule has 1 aromatic heterocycles. The van der Waals surface area contributed by atoms with Gasteiger partial charge < -0.3 is 10.5 Å². The first-order valence-corrected chi connectivity index (χ1v) is 6.16. The van der Waals surface area contributed by atoms with Crippen LogP contribution in [0.5, 0.6) is 5.75 Å². The average molecular weight is 284 g/mol. The van der Waals surface area contributed by atoms with Gasteiger partial charge in [-0.3, -0.25) is 15.2 Å². The Hall–Kier alpha value is -3.09. The summed E-state index contributed by atoms with van der Waals surface area (Å²) in [6.45, 7) is 0. The molecule has 0 aliphatic carbocycles. The standard InChI is InChI=1S/C14H12N4O3/c1-21-9-3-5-11(13(7-9)18(19)20)14-10-4-2-8(15)6-12(10)16-17-14/h2-7H,15H2,1H3,(H,16,17). The molecule has 0 amide bonds. The van der Waals surface area contributed by atoms with Crippen LogP contribution >= 0.6 is 0 Å². The molecule has 3 aromatic rings. The number of methoxy groups -OCH3 is 1. The van der Waals surface area contributed by atoms with Gasteiger partial charge in [-0.2, -0.15) is 5.10 Å². The molecule has 3 rings (SSSR count). The van der Waals surface area contributed by atoms with Crippen molar-refractivity contribution in [3.8, 4) is 17.0 Å². The molecule has 7 heteroatoms. The number of nitro groups is 1. The van der Waals surface area contributed by atoms with Crippen molar-refractivity contribution in [3.63, 3.8) is 0 Å². The highest BCUT2D eigenvalue weighted by molar-refractivity contribution is 5.96. The van der Waals surface area contributed by atoms with Gasteiger partial charge in [0.15, 0.2) is 0 Å². The molecule has 21 heavy (non-hydrogen) atoms. The van der Waals surface area contributed by atoms with Crippen LogP contribution in [0.3, 0.4) is 0 Å². The molecule has 0 aliphatic rings. The van der Waals surface area contributed by atoms with E-state index in [-0.39, 0.29) is 5.69 Å². The lowest BCUT2D eigenvalue weighted by atomic mass is 10.1. The van der Waals surface area contributed by atoms with Crippen LogP contribution in [-0.2, 0) is 0 Å². The number of nitrogens with zero attached hydrogens (tertiary/aromatic N) is 2. The number of fused-ring (bicyclic) bond motifs is 1. The van der Waals surface area contributed by atoms with Crippen LogP contribution in [0.1, 0.15) is 0 Å². The third kappa shape index (κ3) is 2.14. The Morgan fingerprint density at radius 3 is 2.81 bits per heavy atom. The van der Waals surface area contributed by atoms with E-state index in [2.05, 4.69) is 10.2 Å².